The van der Waals surface area contributed by atoms with Crippen molar-refractivity contribution in [2.45, 2.75) is 64.9 Å². The first kappa shape index (κ1) is 35.5. The zero-order chi connectivity index (χ0) is 34.6. The van der Waals surface area contributed by atoms with Gasteiger partial charge in [-0.1, -0.05) is 17.7 Å². The number of esters is 1. The quantitative estimate of drug-likeness (QED) is 0.291. The maximum Gasteiger partial charge on any atom is 0.303 e. The number of amides is 2. The van der Waals surface area contributed by atoms with Crippen LogP contribution >= 0.6 is 11.6 Å². The summed E-state index contributed by atoms with van der Waals surface area (Å²) in [6.07, 6.45) is 2.65. The van der Waals surface area contributed by atoms with Crippen LogP contribution in [0.25, 0.3) is 11.3 Å². The number of halogens is 2. The van der Waals surface area contributed by atoms with Gasteiger partial charge in [-0.15, -0.1) is 0 Å². The molecule has 0 spiro atoms. The molecule has 1 saturated heterocycles. The van der Waals surface area contributed by atoms with E-state index in [0.29, 0.717) is 40.4 Å². The van der Waals surface area contributed by atoms with Crippen LogP contribution in [0.4, 0.5) is 4.39 Å². The van der Waals surface area contributed by atoms with Gasteiger partial charge in [0.25, 0.3) is 5.91 Å². The number of hydrogen-bond acceptors (Lipinski definition) is 8. The lowest BCUT2D eigenvalue weighted by Gasteiger charge is -2.34. The number of piperidine rings is 1. The summed E-state index contributed by atoms with van der Waals surface area (Å²) in [5.41, 5.74) is 3.76. The average Bonchev–Trinajstić information content (AvgIpc) is 3.38. The molecule has 2 N–H and O–H groups in total. The topological polar surface area (TPSA) is 143 Å². The van der Waals surface area contributed by atoms with Gasteiger partial charge in [0.05, 0.1) is 18.5 Å². The van der Waals surface area contributed by atoms with E-state index in [1.54, 1.807) is 12.1 Å². The fraction of sp³-hybridized carbons (Fsp3) is 0.455. The standard InChI is InChI=1S/C33H40ClFN6O6S/c1-21(42)37-27-10-13-39(14-11-27)18-28(47-22(2)43)19-41-31-12-15-40(48(3,45)46)20-29(31)32(38-41)24-6-9-30(34)25(16-24)17-36-33(44)23-4-7-26(35)8-5-23/h4-9,16,27-28H,10-15,17-20H2,1-3H3,(H,36,44)(H,37,42). The predicted molar refractivity (Wildman–Crippen MR) is 178 cm³/mol. The molecule has 3 aromatic rings. The molecule has 1 fully saturated rings. The monoisotopic (exact) mass is 702 g/mol. The number of ether oxygens (including phenoxy) is 1. The molecule has 1 aromatic heterocycles. The lowest BCUT2D eigenvalue weighted by Crippen LogP contribution is -2.47. The van der Waals surface area contributed by atoms with Gasteiger partial charge in [0.2, 0.25) is 15.9 Å². The second kappa shape index (κ2) is 15.1. The lowest BCUT2D eigenvalue weighted by molar-refractivity contribution is -0.148. The second-order valence-electron chi connectivity index (χ2n) is 12.3. The Morgan fingerprint density at radius 2 is 1.77 bits per heavy atom. The molecule has 258 valence electrons. The number of sulfonamides is 1. The van der Waals surface area contributed by atoms with E-state index in [-0.39, 0.29) is 38.1 Å². The molecule has 2 aliphatic heterocycles. The van der Waals surface area contributed by atoms with E-state index in [0.717, 1.165) is 37.2 Å². The van der Waals surface area contributed by atoms with Gasteiger partial charge in [0.15, 0.2) is 0 Å². The minimum absolute atomic E-state index is 0.0532. The van der Waals surface area contributed by atoms with E-state index in [1.165, 1.54) is 48.7 Å². The van der Waals surface area contributed by atoms with Crippen LogP contribution in [0.1, 0.15) is 53.9 Å². The molecule has 0 saturated carbocycles. The van der Waals surface area contributed by atoms with Crippen molar-refractivity contribution < 1.29 is 31.9 Å². The van der Waals surface area contributed by atoms with E-state index < -0.39 is 33.8 Å². The summed E-state index contributed by atoms with van der Waals surface area (Å²) in [6.45, 7) is 5.59. The maximum absolute atomic E-state index is 13.3. The maximum atomic E-state index is 13.3. The van der Waals surface area contributed by atoms with Crippen molar-refractivity contribution in [3.8, 4) is 11.3 Å². The molecule has 48 heavy (non-hydrogen) atoms. The summed E-state index contributed by atoms with van der Waals surface area (Å²) in [4.78, 5) is 38.5. The summed E-state index contributed by atoms with van der Waals surface area (Å²) in [7, 11) is -3.49. The Labute approximate surface area is 284 Å². The summed E-state index contributed by atoms with van der Waals surface area (Å²) in [5.74, 6) is -1.30. The van der Waals surface area contributed by atoms with E-state index in [2.05, 4.69) is 15.5 Å². The first-order valence-corrected chi connectivity index (χ1v) is 18.0. The summed E-state index contributed by atoms with van der Waals surface area (Å²) in [5, 5.41) is 11.2. The number of nitrogens with zero attached hydrogens (tertiary/aromatic N) is 4. The van der Waals surface area contributed by atoms with E-state index in [9.17, 15) is 27.2 Å². The van der Waals surface area contributed by atoms with E-state index in [4.69, 9.17) is 21.4 Å². The summed E-state index contributed by atoms with van der Waals surface area (Å²) < 4.78 is 47.5. The molecule has 15 heteroatoms. The first-order valence-electron chi connectivity index (χ1n) is 15.8. The molecule has 2 amide bonds. The normalized spacial score (nSPS) is 16.6. The Balaban J connectivity index is 1.40. The Kier molecular flexibility index (Phi) is 11.2. The van der Waals surface area contributed by atoms with Crippen LogP contribution in [-0.4, -0.2) is 89.8 Å². The first-order chi connectivity index (χ1) is 22.8. The zero-order valence-electron chi connectivity index (χ0n) is 27.2. The number of hydrogen-bond donors (Lipinski definition) is 2. The van der Waals surface area contributed by atoms with Gasteiger partial charge in [-0.2, -0.15) is 9.40 Å². The molecule has 3 heterocycles. The van der Waals surface area contributed by atoms with E-state index in [1.807, 2.05) is 10.7 Å². The highest BCUT2D eigenvalue weighted by Gasteiger charge is 2.32. The highest BCUT2D eigenvalue weighted by molar-refractivity contribution is 7.88. The summed E-state index contributed by atoms with van der Waals surface area (Å²) in [6, 6.07) is 10.6. The Morgan fingerprint density at radius 1 is 1.06 bits per heavy atom. The largest absolute Gasteiger partial charge is 0.459 e. The molecule has 12 nitrogen and oxygen atoms in total. The van der Waals surface area contributed by atoms with Crippen molar-refractivity contribution in [3.05, 3.63) is 75.7 Å². The SMILES string of the molecule is CC(=O)NC1CCN(CC(Cn2nc(-c3ccc(Cl)c(CNC(=O)c4ccc(F)cc4)c3)c3c2CCN(S(C)(=O)=O)C3)OC(C)=O)CC1. The van der Waals surface area contributed by atoms with Crippen molar-refractivity contribution in [1.82, 2.24) is 29.6 Å². The third kappa shape index (κ3) is 8.98. The molecule has 0 bridgehead atoms. The van der Waals surface area contributed by atoms with Gasteiger partial charge in [0, 0.05) is 93.0 Å². The Hall–Kier alpha value is -3.85. The van der Waals surface area contributed by atoms with Crippen molar-refractivity contribution in [3.63, 3.8) is 0 Å². The average molecular weight is 703 g/mol. The van der Waals surface area contributed by atoms with Crippen molar-refractivity contribution >= 4 is 39.4 Å². The van der Waals surface area contributed by atoms with Gasteiger partial charge in [-0.05, 0) is 54.8 Å². The van der Waals surface area contributed by atoms with Gasteiger partial charge < -0.3 is 15.4 Å². The molecule has 0 radical (unpaired) electrons. The number of carbonyl (C=O) groups excluding carboxylic acids is 3. The van der Waals surface area contributed by atoms with Crippen LogP contribution in [-0.2, 0) is 50.4 Å². The molecule has 0 aliphatic carbocycles. The van der Waals surface area contributed by atoms with Crippen LogP contribution in [0.15, 0.2) is 42.5 Å². The van der Waals surface area contributed by atoms with Crippen molar-refractivity contribution in [2.75, 3.05) is 32.4 Å². The predicted octanol–water partition coefficient (Wildman–Crippen LogP) is 3.12. The van der Waals surface area contributed by atoms with Gasteiger partial charge >= 0.3 is 5.97 Å². The minimum Gasteiger partial charge on any atom is -0.459 e. The highest BCUT2D eigenvalue weighted by Crippen LogP contribution is 2.33. The molecule has 1 atom stereocenters. The number of fused-ring (bicyclic) bond motifs is 1. The van der Waals surface area contributed by atoms with Crippen molar-refractivity contribution in [1.29, 1.82) is 0 Å². The number of nitrogens with one attached hydrogen (secondary N) is 2. The third-order valence-corrected chi connectivity index (χ3v) is 10.2. The molecular weight excluding hydrogens is 663 g/mol. The van der Waals surface area contributed by atoms with Crippen LogP contribution in [0.3, 0.4) is 0 Å². The highest BCUT2D eigenvalue weighted by atomic mass is 35.5. The zero-order valence-corrected chi connectivity index (χ0v) is 28.7. The fourth-order valence-electron chi connectivity index (χ4n) is 6.26. The molecular formula is C33H40ClFN6O6S. The number of benzene rings is 2. The van der Waals surface area contributed by atoms with Crippen LogP contribution in [0, 0.1) is 5.82 Å². The van der Waals surface area contributed by atoms with Crippen molar-refractivity contribution in [2.24, 2.45) is 0 Å². The smallest absolute Gasteiger partial charge is 0.303 e. The Bertz CT molecular complexity index is 1780. The van der Waals surface area contributed by atoms with Gasteiger partial charge in [-0.3, -0.25) is 24.0 Å². The Morgan fingerprint density at radius 3 is 2.42 bits per heavy atom. The van der Waals surface area contributed by atoms with Crippen LogP contribution in [0.5, 0.6) is 0 Å². The molecule has 1 unspecified atom stereocenters. The number of aromatic nitrogens is 2. The van der Waals surface area contributed by atoms with Crippen LogP contribution in [0.2, 0.25) is 5.02 Å². The number of likely N-dealkylation sites (tertiary alicyclic amines) is 1. The lowest BCUT2D eigenvalue weighted by atomic mass is 10.0. The van der Waals surface area contributed by atoms with Gasteiger partial charge in [0.1, 0.15) is 11.9 Å². The fourth-order valence-corrected chi connectivity index (χ4v) is 7.23. The van der Waals surface area contributed by atoms with E-state index >= 15 is 0 Å². The van der Waals surface area contributed by atoms with Crippen LogP contribution < -0.4 is 10.6 Å². The second-order valence-corrected chi connectivity index (χ2v) is 14.7. The van der Waals surface area contributed by atoms with Gasteiger partial charge in [-0.25, -0.2) is 12.8 Å². The molecule has 2 aliphatic rings. The molecule has 5 rings (SSSR count). The molecule has 2 aromatic carbocycles. The summed E-state index contributed by atoms with van der Waals surface area (Å²) >= 11 is 6.52. The number of carbonyl (C=O) groups is 3. The number of rotatable bonds is 11. The minimum atomic E-state index is -3.49. The third-order valence-electron chi connectivity index (χ3n) is 8.60.